The van der Waals surface area contributed by atoms with Crippen molar-refractivity contribution in [2.24, 2.45) is 0 Å². The van der Waals surface area contributed by atoms with Gasteiger partial charge in [-0.2, -0.15) is 5.10 Å². The second-order valence-corrected chi connectivity index (χ2v) is 8.23. The van der Waals surface area contributed by atoms with Crippen LogP contribution < -0.4 is 5.32 Å². The summed E-state index contributed by atoms with van der Waals surface area (Å²) in [6.45, 7) is 5.53. The van der Waals surface area contributed by atoms with Crippen molar-refractivity contribution in [3.05, 3.63) is 40.4 Å². The number of carbonyl (C=O) groups is 2. The van der Waals surface area contributed by atoms with Crippen LogP contribution in [-0.2, 0) is 9.59 Å². The third-order valence-corrected chi connectivity index (χ3v) is 6.01. The number of aromatic amines is 1. The van der Waals surface area contributed by atoms with Crippen LogP contribution in [-0.4, -0.2) is 44.6 Å². The summed E-state index contributed by atoms with van der Waals surface area (Å²) in [6.07, 6.45) is 1.90. The number of hydrogen-bond acceptors (Lipinski definition) is 4. The molecule has 2 amide bonds. The molecule has 0 bridgehead atoms. The number of amides is 2. The molecule has 2 N–H and O–H groups in total. The third kappa shape index (κ3) is 3.37. The largest absolute Gasteiger partial charge is 0.342 e. The van der Waals surface area contributed by atoms with Crippen LogP contribution in [0.1, 0.15) is 62.4 Å². The molecule has 0 radical (unpaired) electrons. The quantitative estimate of drug-likeness (QED) is 0.776. The van der Waals surface area contributed by atoms with Crippen molar-refractivity contribution in [1.29, 1.82) is 0 Å². The van der Waals surface area contributed by atoms with Crippen molar-refractivity contribution in [2.75, 3.05) is 18.4 Å². The van der Waals surface area contributed by atoms with Gasteiger partial charge in [-0.25, -0.2) is 0 Å². The Hall–Kier alpha value is -2.48. The van der Waals surface area contributed by atoms with E-state index in [2.05, 4.69) is 33.9 Å². The predicted octanol–water partition coefficient (Wildman–Crippen LogP) is 3.35. The fourth-order valence-electron chi connectivity index (χ4n) is 4.31. The van der Waals surface area contributed by atoms with E-state index < -0.39 is 5.92 Å². The molecular weight excluding hydrogens is 374 g/mol. The molecule has 0 saturated carbocycles. The fourth-order valence-corrected chi connectivity index (χ4v) is 4.66. The lowest BCUT2D eigenvalue weighted by Gasteiger charge is -2.35. The molecule has 0 spiro atoms. The molecule has 8 heteroatoms. The second kappa shape index (κ2) is 7.50. The maximum absolute atomic E-state index is 13.2. The average molecular weight is 400 g/mol. The van der Waals surface area contributed by atoms with Gasteiger partial charge >= 0.3 is 0 Å². The number of benzene rings is 1. The minimum atomic E-state index is -0.397. The van der Waals surface area contributed by atoms with E-state index in [9.17, 15) is 9.59 Å². The Balaban J connectivity index is 1.48. The zero-order chi connectivity index (χ0) is 19.8. The molecule has 1 aromatic carbocycles. The molecule has 1 saturated heterocycles. The molecule has 1 aromatic heterocycles. The van der Waals surface area contributed by atoms with Gasteiger partial charge in [0.15, 0.2) is 4.77 Å². The van der Waals surface area contributed by atoms with E-state index in [-0.39, 0.29) is 30.2 Å². The fraction of sp³-hybridized carbons (Fsp3) is 0.500. The van der Waals surface area contributed by atoms with Crippen LogP contribution in [0.25, 0.3) is 0 Å². The van der Waals surface area contributed by atoms with Gasteiger partial charge in [0.2, 0.25) is 11.8 Å². The number of H-pyrrole nitrogens is 1. The van der Waals surface area contributed by atoms with E-state index in [0.29, 0.717) is 17.9 Å². The first-order valence-electron chi connectivity index (χ1n) is 9.80. The number of carbonyl (C=O) groups excluding carboxylic acids is 2. The number of nitrogens with zero attached hydrogens (tertiary/aromatic N) is 3. The Kier molecular flexibility index (Phi) is 5.05. The molecule has 2 aromatic rings. The molecule has 148 valence electrons. The highest BCUT2D eigenvalue weighted by atomic mass is 32.1. The van der Waals surface area contributed by atoms with E-state index in [0.717, 1.165) is 29.9 Å². The molecule has 4 rings (SSSR count). The van der Waals surface area contributed by atoms with Gasteiger partial charge in [-0.3, -0.25) is 14.7 Å². The minimum Gasteiger partial charge on any atom is -0.342 e. The van der Waals surface area contributed by atoms with Gasteiger partial charge in [-0.1, -0.05) is 18.2 Å². The van der Waals surface area contributed by atoms with Crippen molar-refractivity contribution < 1.29 is 9.59 Å². The number of para-hydroxylation sites is 1. The highest BCUT2D eigenvalue weighted by Gasteiger charge is 2.35. The van der Waals surface area contributed by atoms with Crippen molar-refractivity contribution in [1.82, 2.24) is 19.7 Å². The SMILES string of the molecule is CC(C)n1c(C2CCN(C(=O)C3CC(=O)Nc4ccccc43)CC2)n[nH]c1=S. The highest BCUT2D eigenvalue weighted by molar-refractivity contribution is 7.71. The van der Waals surface area contributed by atoms with Crippen molar-refractivity contribution in [3.8, 4) is 0 Å². The number of likely N-dealkylation sites (tertiary alicyclic amines) is 1. The first kappa shape index (κ1) is 18.9. The Labute approximate surface area is 169 Å². The Bertz CT molecular complexity index is 956. The van der Waals surface area contributed by atoms with Gasteiger partial charge < -0.3 is 14.8 Å². The number of nitrogens with one attached hydrogen (secondary N) is 2. The van der Waals surface area contributed by atoms with E-state index in [4.69, 9.17) is 12.2 Å². The molecule has 0 aliphatic carbocycles. The number of fused-ring (bicyclic) bond motifs is 1. The minimum absolute atomic E-state index is 0.0449. The van der Waals surface area contributed by atoms with Gasteiger partial charge in [0.25, 0.3) is 0 Å². The van der Waals surface area contributed by atoms with E-state index in [1.54, 1.807) is 0 Å². The highest BCUT2D eigenvalue weighted by Crippen LogP contribution is 2.35. The monoisotopic (exact) mass is 399 g/mol. The summed E-state index contributed by atoms with van der Waals surface area (Å²) < 4.78 is 2.72. The molecule has 28 heavy (non-hydrogen) atoms. The number of rotatable bonds is 3. The molecule has 2 aliphatic rings. The van der Waals surface area contributed by atoms with Crippen LogP contribution in [0.4, 0.5) is 5.69 Å². The van der Waals surface area contributed by atoms with Crippen LogP contribution in [0.3, 0.4) is 0 Å². The predicted molar refractivity (Wildman–Crippen MR) is 109 cm³/mol. The van der Waals surface area contributed by atoms with Crippen LogP contribution >= 0.6 is 12.2 Å². The smallest absolute Gasteiger partial charge is 0.230 e. The molecule has 1 unspecified atom stereocenters. The Morgan fingerprint density at radius 1 is 1.25 bits per heavy atom. The van der Waals surface area contributed by atoms with E-state index in [1.807, 2.05) is 29.2 Å². The number of aromatic nitrogens is 3. The average Bonchev–Trinajstić information content (AvgIpc) is 3.08. The topological polar surface area (TPSA) is 83.0 Å². The second-order valence-electron chi connectivity index (χ2n) is 7.84. The van der Waals surface area contributed by atoms with Crippen molar-refractivity contribution in [3.63, 3.8) is 0 Å². The normalized spacial score (nSPS) is 20.2. The van der Waals surface area contributed by atoms with Gasteiger partial charge in [0, 0.05) is 37.2 Å². The number of hydrogen-bond donors (Lipinski definition) is 2. The first-order chi connectivity index (χ1) is 13.5. The lowest BCUT2D eigenvalue weighted by molar-refractivity contribution is -0.136. The molecule has 7 nitrogen and oxygen atoms in total. The zero-order valence-corrected chi connectivity index (χ0v) is 17.0. The molecule has 1 atom stereocenters. The Morgan fingerprint density at radius 2 is 1.96 bits per heavy atom. The summed E-state index contributed by atoms with van der Waals surface area (Å²) in [5.74, 6) is 0.811. The van der Waals surface area contributed by atoms with Gasteiger partial charge in [-0.05, 0) is 50.5 Å². The summed E-state index contributed by atoms with van der Waals surface area (Å²) in [4.78, 5) is 27.1. The molecule has 2 aliphatic heterocycles. The van der Waals surface area contributed by atoms with Crippen LogP contribution in [0.2, 0.25) is 0 Å². The summed E-state index contributed by atoms with van der Waals surface area (Å²) in [5, 5.41) is 10.2. The number of anilines is 1. The standard InChI is InChI=1S/C20H25N5O2S/c1-12(2)25-18(22-23-20(25)28)13-7-9-24(10-8-13)19(27)15-11-17(26)21-16-6-4-3-5-14(15)16/h3-6,12-13,15H,7-11H2,1-2H3,(H,21,26)(H,23,28). The molecule has 1 fully saturated rings. The third-order valence-electron chi connectivity index (χ3n) is 5.72. The molecular formula is C20H25N5O2S. The Morgan fingerprint density at radius 3 is 2.68 bits per heavy atom. The van der Waals surface area contributed by atoms with Gasteiger partial charge in [0.1, 0.15) is 5.82 Å². The maximum atomic E-state index is 13.2. The van der Waals surface area contributed by atoms with Gasteiger partial charge in [0.05, 0.1) is 5.92 Å². The van der Waals surface area contributed by atoms with Crippen molar-refractivity contribution >= 4 is 29.7 Å². The van der Waals surface area contributed by atoms with Crippen LogP contribution in [0.15, 0.2) is 24.3 Å². The summed E-state index contributed by atoms with van der Waals surface area (Å²) >= 11 is 5.36. The zero-order valence-electron chi connectivity index (χ0n) is 16.1. The summed E-state index contributed by atoms with van der Waals surface area (Å²) in [5.41, 5.74) is 1.66. The number of piperidine rings is 1. The lowest BCUT2D eigenvalue weighted by Crippen LogP contribution is -2.43. The van der Waals surface area contributed by atoms with Crippen LogP contribution in [0.5, 0.6) is 0 Å². The van der Waals surface area contributed by atoms with E-state index >= 15 is 0 Å². The van der Waals surface area contributed by atoms with Gasteiger partial charge in [-0.15, -0.1) is 0 Å². The first-order valence-corrected chi connectivity index (χ1v) is 10.2. The summed E-state index contributed by atoms with van der Waals surface area (Å²) in [7, 11) is 0. The molecule has 3 heterocycles. The van der Waals surface area contributed by atoms with E-state index in [1.165, 1.54) is 0 Å². The summed E-state index contributed by atoms with van der Waals surface area (Å²) in [6, 6.07) is 7.83. The lowest BCUT2D eigenvalue weighted by atomic mass is 9.88. The van der Waals surface area contributed by atoms with Crippen LogP contribution in [0, 0.1) is 4.77 Å². The maximum Gasteiger partial charge on any atom is 0.230 e. The van der Waals surface area contributed by atoms with Crippen molar-refractivity contribution in [2.45, 2.75) is 51.0 Å².